The smallest absolute Gasteiger partial charge is 0.430 e. The molecule has 13 heavy (non-hydrogen) atoms. The van der Waals surface area contributed by atoms with Crippen LogP contribution in [0.25, 0.3) is 0 Å². The van der Waals surface area contributed by atoms with E-state index in [1.165, 1.54) is 0 Å². The largest absolute Gasteiger partial charge is 0.491 e. The van der Waals surface area contributed by atoms with Crippen molar-refractivity contribution in [3.63, 3.8) is 0 Å². The van der Waals surface area contributed by atoms with Gasteiger partial charge in [0, 0.05) is 0 Å². The lowest BCUT2D eigenvalue weighted by atomic mass is 10.2. The van der Waals surface area contributed by atoms with Crippen molar-refractivity contribution in [1.29, 1.82) is 0 Å². The van der Waals surface area contributed by atoms with Crippen LogP contribution in [0.3, 0.4) is 0 Å². The van der Waals surface area contributed by atoms with Crippen LogP contribution in [0.5, 0.6) is 5.75 Å². The molecule has 0 aliphatic rings. The van der Waals surface area contributed by atoms with E-state index in [0.717, 1.165) is 5.75 Å². The molecule has 0 saturated heterocycles. The van der Waals surface area contributed by atoms with E-state index < -0.39 is 0 Å². The fraction of sp³-hybridized carbons (Fsp3) is 0.300. The Morgan fingerprint density at radius 3 is 2.23 bits per heavy atom. The zero-order chi connectivity index (χ0) is 9.84. The highest BCUT2D eigenvalue weighted by molar-refractivity contribution is 5.85. The molecule has 0 aromatic heterocycles. The van der Waals surface area contributed by atoms with E-state index in [9.17, 15) is 4.79 Å². The molecule has 0 heterocycles. The first-order chi connectivity index (χ1) is 6.09. The predicted molar refractivity (Wildman–Crippen MR) is 47.9 cm³/mol. The third-order valence-electron chi connectivity index (χ3n) is 1.46. The molecule has 0 saturated carbocycles. The number of hydrogen-bond donors (Lipinski definition) is 0. The lowest BCUT2D eigenvalue weighted by Crippen LogP contribution is -2.05. The lowest BCUT2D eigenvalue weighted by Gasteiger charge is -2.08. The summed E-state index contributed by atoms with van der Waals surface area (Å²) in [5.74, 6) is 0.759. The first kappa shape index (κ1) is 10.1. The average molecular weight is 200 g/mol. The zero-order valence-corrected chi connectivity index (χ0v) is 8.43. The topological polar surface area (TPSA) is 26.3 Å². The summed E-state index contributed by atoms with van der Waals surface area (Å²) in [7, 11) is 0. The maximum atomic E-state index is 10.8. The van der Waals surface area contributed by atoms with E-state index in [2.05, 4.69) is 11.6 Å². The molecular formula is C10H12ClO2+. The van der Waals surface area contributed by atoms with Crippen molar-refractivity contribution in [2.24, 2.45) is 0 Å². The summed E-state index contributed by atoms with van der Waals surface area (Å²) in [5, 5.41) is -0.337. The molecule has 2 nitrogen and oxygen atoms in total. The molecule has 0 spiro atoms. The van der Waals surface area contributed by atoms with Gasteiger partial charge in [0.15, 0.2) is 11.6 Å². The van der Waals surface area contributed by atoms with Gasteiger partial charge in [0.05, 0.1) is 11.7 Å². The monoisotopic (exact) mass is 199 g/mol. The van der Waals surface area contributed by atoms with Gasteiger partial charge < -0.3 is 4.74 Å². The number of carbonyl (C=O) groups is 1. The van der Waals surface area contributed by atoms with Crippen LogP contribution in [0, 0.1) is 11.6 Å². The number of halogens is 1. The number of benzene rings is 1. The van der Waals surface area contributed by atoms with Crippen LogP contribution in [0.15, 0.2) is 24.3 Å². The standard InChI is InChI=1S/C10H12ClO2/c1-7(2)13-9-5-3-8(4-6-9)10(11)12/h3-7,11H,1-2H3/q+1. The fourth-order valence-corrected chi connectivity index (χ4v) is 1.08. The summed E-state index contributed by atoms with van der Waals surface area (Å²) in [6, 6.07) is 6.85. The van der Waals surface area contributed by atoms with Crippen LogP contribution in [0.1, 0.15) is 24.2 Å². The van der Waals surface area contributed by atoms with Gasteiger partial charge >= 0.3 is 5.24 Å². The zero-order valence-electron chi connectivity index (χ0n) is 7.61. The van der Waals surface area contributed by atoms with Gasteiger partial charge in [-0.25, -0.2) is 4.79 Å². The van der Waals surface area contributed by atoms with Crippen LogP contribution < -0.4 is 4.74 Å². The molecule has 0 aliphatic carbocycles. The SMILES string of the molecule is CC(C)Oc1ccc(C(=O)[ClH+])cc1. The molecule has 0 atom stereocenters. The van der Waals surface area contributed by atoms with E-state index in [0.29, 0.717) is 5.56 Å². The minimum atomic E-state index is -0.337. The first-order valence-corrected chi connectivity index (χ1v) is 4.48. The second-order valence-electron chi connectivity index (χ2n) is 2.98. The lowest BCUT2D eigenvalue weighted by molar-refractivity contribution is -0.255. The summed E-state index contributed by atoms with van der Waals surface area (Å²) in [5.41, 5.74) is 0.533. The summed E-state index contributed by atoms with van der Waals surface area (Å²) in [4.78, 5) is 10.8. The van der Waals surface area contributed by atoms with E-state index in [1.807, 2.05) is 13.8 Å². The summed E-state index contributed by atoms with van der Waals surface area (Å²) < 4.78 is 5.40. The van der Waals surface area contributed by atoms with E-state index in [4.69, 9.17) is 4.74 Å². The minimum Gasteiger partial charge on any atom is -0.491 e. The van der Waals surface area contributed by atoms with Crippen LogP contribution in [0.2, 0.25) is 0 Å². The molecule has 70 valence electrons. The molecule has 0 amide bonds. The third kappa shape index (κ3) is 3.07. The second-order valence-corrected chi connectivity index (χ2v) is 3.35. The van der Waals surface area contributed by atoms with Crippen molar-refractivity contribution >= 4 is 5.24 Å². The van der Waals surface area contributed by atoms with Gasteiger partial charge in [0.2, 0.25) is 0 Å². The highest BCUT2D eigenvalue weighted by Crippen LogP contribution is 2.13. The van der Waals surface area contributed by atoms with Crippen LogP contribution >= 0.6 is 0 Å². The number of rotatable bonds is 3. The maximum absolute atomic E-state index is 10.8. The molecule has 3 heteroatoms. The van der Waals surface area contributed by atoms with Gasteiger partial charge in [0.1, 0.15) is 5.75 Å². The maximum Gasteiger partial charge on any atom is 0.430 e. The quantitative estimate of drug-likeness (QED) is 0.695. The minimum absolute atomic E-state index is 0.144. The Morgan fingerprint density at radius 1 is 1.31 bits per heavy atom. The van der Waals surface area contributed by atoms with Gasteiger partial charge in [-0.3, -0.25) is 0 Å². The van der Waals surface area contributed by atoms with Gasteiger partial charge in [-0.2, -0.15) is 0 Å². The Morgan fingerprint density at radius 2 is 1.85 bits per heavy atom. The molecule has 0 aliphatic heterocycles. The molecular weight excluding hydrogens is 188 g/mol. The Balaban J connectivity index is 2.75. The first-order valence-electron chi connectivity index (χ1n) is 4.07. The molecule has 1 aromatic carbocycles. The normalized spacial score (nSPS) is 10.2. The van der Waals surface area contributed by atoms with E-state index in [1.54, 1.807) is 24.3 Å². The summed E-state index contributed by atoms with van der Waals surface area (Å²) >= 11 is 4.50. The molecule has 1 rings (SSSR count). The Bertz CT molecular complexity index is 290. The Kier molecular flexibility index (Phi) is 3.32. The van der Waals surface area contributed by atoms with Crippen molar-refractivity contribution in [1.82, 2.24) is 0 Å². The Hall–Kier alpha value is -1.02. The summed E-state index contributed by atoms with van der Waals surface area (Å²) in [6.07, 6.45) is 0.144. The highest BCUT2D eigenvalue weighted by atomic mass is 35.5. The van der Waals surface area contributed by atoms with Crippen LogP contribution in [-0.2, 0) is 0 Å². The molecule has 0 fully saturated rings. The van der Waals surface area contributed by atoms with Crippen LogP contribution in [-0.4, -0.2) is 11.3 Å². The predicted octanol–water partition coefficient (Wildman–Crippen LogP) is 1.90. The second kappa shape index (κ2) is 4.28. The van der Waals surface area contributed by atoms with Crippen molar-refractivity contribution in [3.8, 4) is 5.75 Å². The molecule has 1 aromatic rings. The van der Waals surface area contributed by atoms with Crippen molar-refractivity contribution < 1.29 is 21.1 Å². The van der Waals surface area contributed by atoms with Crippen molar-refractivity contribution in [2.75, 3.05) is 0 Å². The Labute approximate surface area is 82.5 Å². The molecule has 0 bridgehead atoms. The molecule has 0 radical (unpaired) electrons. The molecule has 0 unspecified atom stereocenters. The van der Waals surface area contributed by atoms with Crippen molar-refractivity contribution in [2.45, 2.75) is 20.0 Å². The molecule has 0 N–H and O–H groups in total. The number of carbonyl (C=O) groups excluding carboxylic acids is 1. The third-order valence-corrected chi connectivity index (χ3v) is 1.70. The number of ether oxygens (including phenoxy) is 1. The highest BCUT2D eigenvalue weighted by Gasteiger charge is 2.08. The van der Waals surface area contributed by atoms with Crippen LogP contribution in [0.4, 0.5) is 0 Å². The van der Waals surface area contributed by atoms with E-state index >= 15 is 0 Å². The van der Waals surface area contributed by atoms with Gasteiger partial charge in [0.25, 0.3) is 0 Å². The van der Waals surface area contributed by atoms with Gasteiger partial charge in [-0.1, -0.05) is 0 Å². The fourth-order valence-electron chi connectivity index (χ4n) is 0.942. The summed E-state index contributed by atoms with van der Waals surface area (Å²) in [6.45, 7) is 3.90. The van der Waals surface area contributed by atoms with Gasteiger partial charge in [-0.15, -0.1) is 0 Å². The van der Waals surface area contributed by atoms with E-state index in [-0.39, 0.29) is 11.3 Å². The number of hydrogen-bond acceptors (Lipinski definition) is 2. The average Bonchev–Trinajstić information content (AvgIpc) is 2.04. The van der Waals surface area contributed by atoms with Crippen molar-refractivity contribution in [3.05, 3.63) is 29.8 Å². The van der Waals surface area contributed by atoms with Gasteiger partial charge in [-0.05, 0) is 38.1 Å².